The highest BCUT2D eigenvalue weighted by molar-refractivity contribution is 14.1. The first-order valence-electron chi connectivity index (χ1n) is 3.83. The number of carbonyl (C=O) groups is 1. The van der Waals surface area contributed by atoms with Gasteiger partial charge in [-0.05, 0) is 43.4 Å². The molecule has 0 aliphatic carbocycles. The van der Waals surface area contributed by atoms with Gasteiger partial charge in [0, 0.05) is 6.20 Å². The number of hydrogen-bond donors (Lipinski definition) is 1. The van der Waals surface area contributed by atoms with Crippen LogP contribution in [0.5, 0.6) is 0 Å². The van der Waals surface area contributed by atoms with Gasteiger partial charge in [0.2, 0.25) is 5.82 Å². The lowest BCUT2D eigenvalue weighted by Crippen LogP contribution is -2.24. The normalized spacial score (nSPS) is 11.4. The van der Waals surface area contributed by atoms with Gasteiger partial charge in [-0.2, -0.15) is 0 Å². The molecule has 0 aromatic carbocycles. The molecule has 0 saturated heterocycles. The predicted octanol–water partition coefficient (Wildman–Crippen LogP) is 1.97. The zero-order valence-electron chi connectivity index (χ0n) is 7.72. The Morgan fingerprint density at radius 3 is 2.62 bits per heavy atom. The molecule has 0 spiro atoms. The molecule has 4 nitrogen and oxygen atoms in total. The zero-order valence-corrected chi connectivity index (χ0v) is 9.88. The Morgan fingerprint density at radius 1 is 1.62 bits per heavy atom. The smallest absolute Gasteiger partial charge is 0.374 e. The quantitative estimate of drug-likeness (QED) is 0.636. The number of carbonyl (C=O) groups excluding carboxylic acids is 1. The van der Waals surface area contributed by atoms with Gasteiger partial charge in [-0.1, -0.05) is 0 Å². The SMILES string of the molecule is CC(C)(C)OC(=O)c1nc(I)c[nH]1. The maximum atomic E-state index is 11.4. The molecule has 1 rings (SSSR count). The molecular formula is C8H11IN2O2. The predicted molar refractivity (Wildman–Crippen MR) is 56.5 cm³/mol. The first-order valence-corrected chi connectivity index (χ1v) is 4.90. The maximum Gasteiger partial charge on any atom is 0.374 e. The van der Waals surface area contributed by atoms with Crippen molar-refractivity contribution in [3.63, 3.8) is 0 Å². The molecule has 72 valence electrons. The number of aromatic amines is 1. The summed E-state index contributed by atoms with van der Waals surface area (Å²) < 4.78 is 5.85. The van der Waals surface area contributed by atoms with E-state index in [1.54, 1.807) is 6.20 Å². The van der Waals surface area contributed by atoms with Gasteiger partial charge in [-0.3, -0.25) is 0 Å². The molecule has 0 fully saturated rings. The lowest BCUT2D eigenvalue weighted by molar-refractivity contribution is 0.00567. The van der Waals surface area contributed by atoms with E-state index < -0.39 is 11.6 Å². The van der Waals surface area contributed by atoms with Crippen molar-refractivity contribution < 1.29 is 9.53 Å². The number of nitrogens with one attached hydrogen (secondary N) is 1. The second-order valence-electron chi connectivity index (χ2n) is 3.57. The number of halogens is 1. The second-order valence-corrected chi connectivity index (χ2v) is 4.68. The number of rotatable bonds is 1. The minimum atomic E-state index is -0.477. The molecule has 0 amide bonds. The third-order valence-electron chi connectivity index (χ3n) is 1.14. The van der Waals surface area contributed by atoms with Crippen LogP contribution in [0.4, 0.5) is 0 Å². The molecule has 13 heavy (non-hydrogen) atoms. The first kappa shape index (κ1) is 10.5. The molecule has 5 heteroatoms. The first-order chi connectivity index (χ1) is 5.88. The standard InChI is InChI=1S/C8H11IN2O2/c1-8(2,3)13-7(12)6-10-4-5(9)11-6/h4H,1-3H3,(H,10,11). The highest BCUT2D eigenvalue weighted by atomic mass is 127. The maximum absolute atomic E-state index is 11.4. The largest absolute Gasteiger partial charge is 0.454 e. The van der Waals surface area contributed by atoms with E-state index in [1.807, 2.05) is 43.4 Å². The van der Waals surface area contributed by atoms with Crippen LogP contribution in [0.1, 0.15) is 31.4 Å². The lowest BCUT2D eigenvalue weighted by Gasteiger charge is -2.18. The molecule has 0 bridgehead atoms. The summed E-state index contributed by atoms with van der Waals surface area (Å²) in [5.41, 5.74) is -0.477. The van der Waals surface area contributed by atoms with Gasteiger partial charge < -0.3 is 9.72 Å². The summed E-state index contributed by atoms with van der Waals surface area (Å²) in [5, 5.41) is 0. The van der Waals surface area contributed by atoms with Gasteiger partial charge in [0.25, 0.3) is 0 Å². The molecule has 0 radical (unpaired) electrons. The number of H-pyrrole nitrogens is 1. The van der Waals surface area contributed by atoms with Crippen LogP contribution in [0, 0.1) is 3.70 Å². The highest BCUT2D eigenvalue weighted by Crippen LogP contribution is 2.10. The lowest BCUT2D eigenvalue weighted by atomic mass is 10.2. The molecule has 0 aliphatic heterocycles. The van der Waals surface area contributed by atoms with Crippen LogP contribution in [0.15, 0.2) is 6.20 Å². The van der Waals surface area contributed by atoms with Crippen LogP contribution in [0.25, 0.3) is 0 Å². The molecule has 0 atom stereocenters. The average Bonchev–Trinajstić information content (AvgIpc) is 2.31. The van der Waals surface area contributed by atoms with Gasteiger partial charge >= 0.3 is 5.97 Å². The summed E-state index contributed by atoms with van der Waals surface area (Å²) in [6.07, 6.45) is 1.65. The monoisotopic (exact) mass is 294 g/mol. The van der Waals surface area contributed by atoms with E-state index in [2.05, 4.69) is 9.97 Å². The Morgan fingerprint density at radius 2 is 2.23 bits per heavy atom. The van der Waals surface area contributed by atoms with Crippen molar-refractivity contribution in [2.24, 2.45) is 0 Å². The van der Waals surface area contributed by atoms with Crippen LogP contribution in [-0.4, -0.2) is 21.5 Å². The summed E-state index contributed by atoms with van der Waals surface area (Å²) in [6, 6.07) is 0. The molecule has 1 aromatic heterocycles. The molecule has 1 heterocycles. The van der Waals surface area contributed by atoms with Crippen LogP contribution >= 0.6 is 22.6 Å². The Labute approximate surface area is 90.2 Å². The molecule has 1 N–H and O–H groups in total. The molecule has 1 aromatic rings. The Bertz CT molecular complexity index is 314. The fraction of sp³-hybridized carbons (Fsp3) is 0.500. The van der Waals surface area contributed by atoms with Crippen LogP contribution in [-0.2, 0) is 4.74 Å². The van der Waals surface area contributed by atoms with Gasteiger partial charge in [-0.15, -0.1) is 0 Å². The van der Waals surface area contributed by atoms with Crippen LogP contribution < -0.4 is 0 Å². The summed E-state index contributed by atoms with van der Waals surface area (Å²) >= 11 is 2.02. The van der Waals surface area contributed by atoms with Crippen LogP contribution in [0.3, 0.4) is 0 Å². The minimum Gasteiger partial charge on any atom is -0.454 e. The fourth-order valence-corrected chi connectivity index (χ4v) is 1.13. The van der Waals surface area contributed by atoms with Gasteiger partial charge in [-0.25, -0.2) is 9.78 Å². The van der Waals surface area contributed by atoms with Crippen molar-refractivity contribution in [1.82, 2.24) is 9.97 Å². The van der Waals surface area contributed by atoms with E-state index in [9.17, 15) is 4.79 Å². The van der Waals surface area contributed by atoms with Crippen molar-refractivity contribution in [2.75, 3.05) is 0 Å². The molecule has 0 aliphatic rings. The molecule has 0 unspecified atom stereocenters. The summed E-state index contributed by atoms with van der Waals surface area (Å²) in [6.45, 7) is 5.45. The number of imidazole rings is 1. The van der Waals surface area contributed by atoms with E-state index in [0.29, 0.717) is 0 Å². The Balaban J connectivity index is 2.70. The summed E-state index contributed by atoms with van der Waals surface area (Å²) in [5.74, 6) is -0.172. The van der Waals surface area contributed by atoms with Gasteiger partial charge in [0.05, 0.1) is 0 Å². The van der Waals surface area contributed by atoms with E-state index in [4.69, 9.17) is 4.74 Å². The average molecular weight is 294 g/mol. The summed E-state index contributed by atoms with van der Waals surface area (Å²) in [4.78, 5) is 18.0. The van der Waals surface area contributed by atoms with Crippen molar-refractivity contribution in [3.05, 3.63) is 15.7 Å². The summed E-state index contributed by atoms with van der Waals surface area (Å²) in [7, 11) is 0. The van der Waals surface area contributed by atoms with E-state index in [1.165, 1.54) is 0 Å². The minimum absolute atomic E-state index is 0.249. The molecule has 0 saturated carbocycles. The van der Waals surface area contributed by atoms with Crippen molar-refractivity contribution in [1.29, 1.82) is 0 Å². The van der Waals surface area contributed by atoms with E-state index in [-0.39, 0.29) is 5.82 Å². The van der Waals surface area contributed by atoms with Crippen molar-refractivity contribution >= 4 is 28.6 Å². The topological polar surface area (TPSA) is 55.0 Å². The van der Waals surface area contributed by atoms with Crippen LogP contribution in [0.2, 0.25) is 0 Å². The van der Waals surface area contributed by atoms with E-state index >= 15 is 0 Å². The number of aromatic nitrogens is 2. The Hall–Kier alpha value is -0.590. The Kier molecular flexibility index (Phi) is 2.94. The third-order valence-corrected chi connectivity index (χ3v) is 1.69. The van der Waals surface area contributed by atoms with Gasteiger partial charge in [0.1, 0.15) is 9.30 Å². The zero-order chi connectivity index (χ0) is 10.1. The fourth-order valence-electron chi connectivity index (χ4n) is 0.730. The molecular weight excluding hydrogens is 283 g/mol. The number of esters is 1. The number of ether oxygens (including phenoxy) is 1. The van der Waals surface area contributed by atoms with Gasteiger partial charge in [0.15, 0.2) is 0 Å². The highest BCUT2D eigenvalue weighted by Gasteiger charge is 2.19. The van der Waals surface area contributed by atoms with Crippen molar-refractivity contribution in [2.45, 2.75) is 26.4 Å². The number of nitrogens with zero attached hydrogens (tertiary/aromatic N) is 1. The third kappa shape index (κ3) is 3.33. The van der Waals surface area contributed by atoms with E-state index in [0.717, 1.165) is 3.70 Å². The van der Waals surface area contributed by atoms with Crippen molar-refractivity contribution in [3.8, 4) is 0 Å². The number of hydrogen-bond acceptors (Lipinski definition) is 3. The second kappa shape index (κ2) is 3.65.